The first-order valence-electron chi connectivity index (χ1n) is 8.07. The Bertz CT molecular complexity index is 644. The number of rotatable bonds is 8. The van der Waals surface area contributed by atoms with Gasteiger partial charge >= 0.3 is 0 Å². The third-order valence-electron chi connectivity index (χ3n) is 3.65. The van der Waals surface area contributed by atoms with E-state index in [4.69, 9.17) is 4.74 Å². The molecule has 0 aliphatic carbocycles. The lowest BCUT2D eigenvalue weighted by Crippen LogP contribution is -2.41. The van der Waals surface area contributed by atoms with E-state index in [2.05, 4.69) is 15.6 Å². The quantitative estimate of drug-likeness (QED) is 0.257. The average molecular weight is 483 g/mol. The number of halogens is 1. The van der Waals surface area contributed by atoms with Gasteiger partial charge in [-0.2, -0.15) is 0 Å². The van der Waals surface area contributed by atoms with Crippen molar-refractivity contribution in [3.63, 3.8) is 0 Å². The maximum Gasteiger partial charge on any atom is 0.191 e. The van der Waals surface area contributed by atoms with Crippen LogP contribution in [0.15, 0.2) is 29.3 Å². The highest BCUT2D eigenvalue weighted by molar-refractivity contribution is 14.0. The highest BCUT2D eigenvalue weighted by Crippen LogP contribution is 2.15. The zero-order valence-electron chi connectivity index (χ0n) is 15.6. The van der Waals surface area contributed by atoms with E-state index in [1.807, 2.05) is 38.1 Å². The van der Waals surface area contributed by atoms with Crippen molar-refractivity contribution < 1.29 is 13.2 Å². The highest BCUT2D eigenvalue weighted by atomic mass is 127. The summed E-state index contributed by atoms with van der Waals surface area (Å²) in [7, 11) is -3.17. The predicted molar refractivity (Wildman–Crippen MR) is 115 cm³/mol. The third kappa shape index (κ3) is 8.75. The number of nitrogens with zero attached hydrogens (tertiary/aromatic N) is 1. The van der Waals surface area contributed by atoms with E-state index in [1.54, 1.807) is 13.8 Å². The van der Waals surface area contributed by atoms with Crippen LogP contribution in [0.2, 0.25) is 0 Å². The van der Waals surface area contributed by atoms with E-state index in [9.17, 15) is 8.42 Å². The minimum Gasteiger partial charge on any atom is -0.492 e. The predicted octanol–water partition coefficient (Wildman–Crippen LogP) is 2.37. The number of ether oxygens (including phenoxy) is 1. The molecule has 0 spiro atoms. The minimum atomic E-state index is -3.17. The monoisotopic (exact) mass is 483 g/mol. The summed E-state index contributed by atoms with van der Waals surface area (Å²) < 4.78 is 28.2. The topological polar surface area (TPSA) is 79.8 Å². The summed E-state index contributed by atoms with van der Waals surface area (Å²) in [6.07, 6.45) is 1.23. The number of guanidine groups is 1. The fourth-order valence-electron chi connectivity index (χ4n) is 1.70. The molecular formula is C17H30IN3O3S. The molecule has 0 unspecified atom stereocenters. The van der Waals surface area contributed by atoms with Gasteiger partial charge in [-0.15, -0.1) is 24.0 Å². The number of nitrogens with one attached hydrogen (secondary N) is 2. The number of hydrogen-bond acceptors (Lipinski definition) is 4. The second-order valence-corrected chi connectivity index (χ2v) is 8.96. The lowest BCUT2D eigenvalue weighted by atomic mass is 10.2. The molecule has 0 amide bonds. The molecule has 6 nitrogen and oxygen atoms in total. The van der Waals surface area contributed by atoms with Crippen molar-refractivity contribution >= 4 is 39.8 Å². The van der Waals surface area contributed by atoms with Gasteiger partial charge in [-0.1, -0.05) is 17.7 Å². The molecule has 0 saturated heterocycles. The van der Waals surface area contributed by atoms with E-state index < -0.39 is 14.6 Å². The molecule has 25 heavy (non-hydrogen) atoms. The summed E-state index contributed by atoms with van der Waals surface area (Å²) in [5.74, 6) is 1.41. The van der Waals surface area contributed by atoms with Gasteiger partial charge in [-0.3, -0.25) is 4.99 Å². The maximum absolute atomic E-state index is 11.7. The van der Waals surface area contributed by atoms with E-state index >= 15 is 0 Å². The molecule has 0 radical (unpaired) electrons. The molecule has 1 aromatic rings. The zero-order valence-corrected chi connectivity index (χ0v) is 18.8. The molecule has 1 aromatic carbocycles. The standard InChI is InChI=1S/C17H29N3O3S.HI/c1-6-18-16(20-13-17(3,4)24(5,21)22)19-11-12-23-15-9-7-14(2)8-10-15;/h7-10H,6,11-13H2,1-5H3,(H2,18,19,20);1H. The van der Waals surface area contributed by atoms with Crippen molar-refractivity contribution in [1.82, 2.24) is 10.6 Å². The molecule has 0 bridgehead atoms. The summed E-state index contributed by atoms with van der Waals surface area (Å²) in [5, 5.41) is 6.25. The fourth-order valence-corrected chi connectivity index (χ4v) is 2.00. The van der Waals surface area contributed by atoms with Gasteiger partial charge in [-0.25, -0.2) is 8.42 Å². The van der Waals surface area contributed by atoms with Gasteiger partial charge in [0.05, 0.1) is 17.8 Å². The van der Waals surface area contributed by atoms with Gasteiger partial charge in [0.2, 0.25) is 0 Å². The fraction of sp³-hybridized carbons (Fsp3) is 0.588. The molecule has 0 aliphatic heterocycles. The van der Waals surface area contributed by atoms with E-state index in [0.29, 0.717) is 25.7 Å². The average Bonchev–Trinajstić information content (AvgIpc) is 2.49. The van der Waals surface area contributed by atoms with Crippen LogP contribution >= 0.6 is 24.0 Å². The van der Waals surface area contributed by atoms with E-state index in [1.165, 1.54) is 11.8 Å². The Hall–Kier alpha value is -1.03. The first kappa shape index (κ1) is 24.0. The molecule has 0 aromatic heterocycles. The van der Waals surface area contributed by atoms with Crippen LogP contribution in [0.1, 0.15) is 26.3 Å². The Morgan fingerprint density at radius 2 is 1.80 bits per heavy atom. The molecule has 0 aliphatic rings. The van der Waals surface area contributed by atoms with Gasteiger partial charge in [0, 0.05) is 12.8 Å². The number of benzene rings is 1. The summed E-state index contributed by atoms with van der Waals surface area (Å²) in [6.45, 7) is 9.29. The van der Waals surface area contributed by atoms with Gasteiger partial charge in [0.15, 0.2) is 15.8 Å². The van der Waals surface area contributed by atoms with Gasteiger partial charge in [-0.05, 0) is 39.8 Å². The van der Waals surface area contributed by atoms with Crippen molar-refractivity contribution in [3.8, 4) is 5.75 Å². The number of sulfone groups is 1. The minimum absolute atomic E-state index is 0. The first-order chi connectivity index (χ1) is 11.2. The Morgan fingerprint density at radius 1 is 1.20 bits per heavy atom. The molecular weight excluding hydrogens is 453 g/mol. The van der Waals surface area contributed by atoms with Crippen molar-refractivity contribution in [2.45, 2.75) is 32.4 Å². The van der Waals surface area contributed by atoms with Crippen LogP contribution in [-0.2, 0) is 9.84 Å². The summed E-state index contributed by atoms with van der Waals surface area (Å²) in [6, 6.07) is 7.87. The third-order valence-corrected chi connectivity index (χ3v) is 5.79. The molecule has 0 heterocycles. The molecule has 0 fully saturated rings. The first-order valence-corrected chi connectivity index (χ1v) is 9.96. The lowest BCUT2D eigenvalue weighted by molar-refractivity contribution is 0.322. The largest absolute Gasteiger partial charge is 0.492 e. The smallest absolute Gasteiger partial charge is 0.191 e. The summed E-state index contributed by atoms with van der Waals surface area (Å²) in [5.41, 5.74) is 1.19. The second kappa shape index (κ2) is 10.8. The van der Waals surface area contributed by atoms with Crippen LogP contribution < -0.4 is 15.4 Å². The Labute approximate surface area is 168 Å². The molecule has 0 atom stereocenters. The van der Waals surface area contributed by atoms with Gasteiger partial charge < -0.3 is 15.4 Å². The van der Waals surface area contributed by atoms with Crippen LogP contribution in [0, 0.1) is 6.92 Å². The molecule has 2 N–H and O–H groups in total. The van der Waals surface area contributed by atoms with Crippen LogP contribution in [-0.4, -0.2) is 51.6 Å². The Balaban J connectivity index is 0.00000576. The van der Waals surface area contributed by atoms with E-state index in [0.717, 1.165) is 5.75 Å². The molecule has 8 heteroatoms. The van der Waals surface area contributed by atoms with Crippen LogP contribution in [0.5, 0.6) is 5.75 Å². The number of aryl methyl sites for hydroxylation is 1. The van der Waals surface area contributed by atoms with Crippen molar-refractivity contribution in [2.24, 2.45) is 4.99 Å². The maximum atomic E-state index is 11.7. The van der Waals surface area contributed by atoms with Crippen LogP contribution in [0.25, 0.3) is 0 Å². The lowest BCUT2D eigenvalue weighted by Gasteiger charge is -2.21. The van der Waals surface area contributed by atoms with Gasteiger partial charge in [0.1, 0.15) is 12.4 Å². The van der Waals surface area contributed by atoms with Crippen molar-refractivity contribution in [3.05, 3.63) is 29.8 Å². The number of hydrogen-bond donors (Lipinski definition) is 2. The van der Waals surface area contributed by atoms with Crippen LogP contribution in [0.4, 0.5) is 0 Å². The number of aliphatic imine (C=N–C) groups is 1. The van der Waals surface area contributed by atoms with Gasteiger partial charge in [0.25, 0.3) is 0 Å². The van der Waals surface area contributed by atoms with Crippen molar-refractivity contribution in [2.75, 3.05) is 32.5 Å². The highest BCUT2D eigenvalue weighted by Gasteiger charge is 2.29. The normalized spacial score (nSPS) is 12.3. The summed E-state index contributed by atoms with van der Waals surface area (Å²) in [4.78, 5) is 4.37. The molecule has 0 saturated carbocycles. The Morgan fingerprint density at radius 3 is 2.32 bits per heavy atom. The van der Waals surface area contributed by atoms with E-state index in [-0.39, 0.29) is 30.5 Å². The zero-order chi connectivity index (χ0) is 18.2. The van der Waals surface area contributed by atoms with Crippen LogP contribution in [0.3, 0.4) is 0 Å². The summed E-state index contributed by atoms with van der Waals surface area (Å²) >= 11 is 0. The second-order valence-electron chi connectivity index (χ2n) is 6.32. The van der Waals surface area contributed by atoms with Crippen molar-refractivity contribution in [1.29, 1.82) is 0 Å². The Kier molecular flexibility index (Phi) is 10.4. The molecule has 144 valence electrons. The SMILES string of the molecule is CCNC(=NCC(C)(C)S(C)(=O)=O)NCCOc1ccc(C)cc1.I. The molecule has 1 rings (SSSR count).